The Morgan fingerprint density at radius 1 is 1.00 bits per heavy atom. The Kier molecular flexibility index (Phi) is 5.49. The highest BCUT2D eigenvalue weighted by atomic mass is 16.5. The summed E-state index contributed by atoms with van der Waals surface area (Å²) in [5, 5.41) is 10.6. The molecule has 4 rings (SSSR count). The molecule has 5 heteroatoms. The summed E-state index contributed by atoms with van der Waals surface area (Å²) in [5.74, 6) is 1.37. The van der Waals surface area contributed by atoms with Crippen LogP contribution in [-0.2, 0) is 13.1 Å². The number of ether oxygens (including phenoxy) is 1. The number of para-hydroxylation sites is 2. The van der Waals surface area contributed by atoms with E-state index in [4.69, 9.17) is 10.5 Å². The number of aryl methyl sites for hydroxylation is 1. The van der Waals surface area contributed by atoms with Crippen LogP contribution in [0.25, 0.3) is 11.0 Å². The predicted molar refractivity (Wildman–Crippen MR) is 115 cm³/mol. The number of nitrogens with zero attached hydrogens (tertiary/aromatic N) is 2. The average molecular weight is 388 g/mol. The molecular formula is C24H26N3O2+. The highest BCUT2D eigenvalue weighted by molar-refractivity contribution is 5.74. The van der Waals surface area contributed by atoms with Crippen LogP contribution in [0.1, 0.15) is 11.1 Å². The molecule has 1 atom stereocenters. The summed E-state index contributed by atoms with van der Waals surface area (Å²) < 4.78 is 9.81. The van der Waals surface area contributed by atoms with E-state index in [-0.39, 0.29) is 6.61 Å². The quantitative estimate of drug-likeness (QED) is 0.478. The smallest absolute Gasteiger partial charge is 0.356 e. The van der Waals surface area contributed by atoms with Gasteiger partial charge in [-0.3, -0.25) is 5.73 Å². The van der Waals surface area contributed by atoms with Gasteiger partial charge < -0.3 is 9.84 Å². The number of nitrogens with two attached hydrogens (primary N) is 1. The zero-order valence-electron chi connectivity index (χ0n) is 16.5. The van der Waals surface area contributed by atoms with E-state index in [2.05, 4.69) is 22.8 Å². The van der Waals surface area contributed by atoms with Gasteiger partial charge in [-0.05, 0) is 42.3 Å². The van der Waals surface area contributed by atoms with Gasteiger partial charge in [0.2, 0.25) is 0 Å². The van der Waals surface area contributed by atoms with Crippen LogP contribution in [0.2, 0.25) is 0 Å². The monoisotopic (exact) mass is 388 g/mol. The van der Waals surface area contributed by atoms with Crippen LogP contribution in [0, 0.1) is 6.92 Å². The molecule has 0 aliphatic carbocycles. The lowest BCUT2D eigenvalue weighted by Gasteiger charge is -2.12. The maximum atomic E-state index is 10.6. The van der Waals surface area contributed by atoms with Gasteiger partial charge in [0.15, 0.2) is 0 Å². The van der Waals surface area contributed by atoms with Crippen LogP contribution < -0.4 is 15.0 Å². The maximum Gasteiger partial charge on any atom is 0.356 e. The molecule has 1 unspecified atom stereocenters. The first-order valence-corrected chi connectivity index (χ1v) is 9.80. The van der Waals surface area contributed by atoms with Gasteiger partial charge >= 0.3 is 5.95 Å². The normalized spacial score (nSPS) is 12.2. The van der Waals surface area contributed by atoms with E-state index < -0.39 is 6.10 Å². The second-order valence-electron chi connectivity index (χ2n) is 7.31. The van der Waals surface area contributed by atoms with E-state index in [1.54, 1.807) is 0 Å². The van der Waals surface area contributed by atoms with Crippen molar-refractivity contribution in [3.05, 3.63) is 90.0 Å². The zero-order valence-corrected chi connectivity index (χ0v) is 16.5. The minimum atomic E-state index is -0.682. The third-order valence-electron chi connectivity index (χ3n) is 5.03. The molecule has 3 N–H and O–H groups in total. The number of aliphatic hydroxyl groups excluding tert-OH is 1. The van der Waals surface area contributed by atoms with E-state index >= 15 is 0 Å². The van der Waals surface area contributed by atoms with Gasteiger partial charge in [0.1, 0.15) is 36.0 Å². The van der Waals surface area contributed by atoms with Crippen molar-refractivity contribution in [2.24, 2.45) is 0 Å². The van der Waals surface area contributed by atoms with Gasteiger partial charge in [0, 0.05) is 0 Å². The zero-order chi connectivity index (χ0) is 20.2. The molecule has 0 saturated heterocycles. The fourth-order valence-corrected chi connectivity index (χ4v) is 3.60. The van der Waals surface area contributed by atoms with E-state index in [0.717, 1.165) is 22.3 Å². The standard InChI is InChI=1S/C24H25N3O2/c1-18-8-7-11-21(14-18)29-17-20(28)16-27-23-13-6-5-12-22(23)26(24(27)25)15-19-9-3-2-4-10-19/h2-14,20,25,28H,15-17H2,1H3/p+1. The van der Waals surface area contributed by atoms with Crippen molar-refractivity contribution in [1.82, 2.24) is 4.57 Å². The van der Waals surface area contributed by atoms with Gasteiger partial charge in [-0.2, -0.15) is 0 Å². The van der Waals surface area contributed by atoms with E-state index in [9.17, 15) is 5.11 Å². The largest absolute Gasteiger partial charge is 0.491 e. The second-order valence-corrected chi connectivity index (χ2v) is 7.31. The second kappa shape index (κ2) is 8.37. The average Bonchev–Trinajstić information content (AvgIpc) is 2.99. The molecule has 0 aliphatic rings. The fraction of sp³-hybridized carbons (Fsp3) is 0.208. The van der Waals surface area contributed by atoms with Crippen molar-refractivity contribution < 1.29 is 14.4 Å². The summed E-state index contributed by atoms with van der Waals surface area (Å²) >= 11 is 0. The molecule has 0 amide bonds. The van der Waals surface area contributed by atoms with E-state index in [1.165, 1.54) is 5.56 Å². The fourth-order valence-electron chi connectivity index (χ4n) is 3.60. The highest BCUT2D eigenvalue weighted by Crippen LogP contribution is 2.18. The Morgan fingerprint density at radius 2 is 1.76 bits per heavy atom. The number of rotatable bonds is 7. The number of hydrogen-bond acceptors (Lipinski definition) is 3. The molecule has 3 aromatic carbocycles. The number of benzene rings is 3. The number of nitrogen functional groups attached to an aromatic ring is 1. The molecule has 0 spiro atoms. The summed E-state index contributed by atoms with van der Waals surface area (Å²) in [4.78, 5) is 0. The summed E-state index contributed by atoms with van der Waals surface area (Å²) in [7, 11) is 0. The molecule has 29 heavy (non-hydrogen) atoms. The Hall–Kier alpha value is -3.31. The van der Waals surface area contributed by atoms with Crippen molar-refractivity contribution in [1.29, 1.82) is 0 Å². The maximum absolute atomic E-state index is 10.6. The minimum absolute atomic E-state index is 0.202. The number of imidazole rings is 1. The van der Waals surface area contributed by atoms with Crippen molar-refractivity contribution in [3.8, 4) is 5.75 Å². The molecule has 0 saturated carbocycles. The molecular weight excluding hydrogens is 362 g/mol. The van der Waals surface area contributed by atoms with Crippen molar-refractivity contribution >= 4 is 17.0 Å². The van der Waals surface area contributed by atoms with Crippen LogP contribution in [0.5, 0.6) is 5.75 Å². The van der Waals surface area contributed by atoms with Gasteiger partial charge in [-0.1, -0.05) is 54.6 Å². The topological polar surface area (TPSA) is 64.3 Å². The van der Waals surface area contributed by atoms with Gasteiger partial charge in [-0.15, -0.1) is 0 Å². The molecule has 1 aromatic heterocycles. The van der Waals surface area contributed by atoms with Crippen LogP contribution in [0.4, 0.5) is 5.95 Å². The van der Waals surface area contributed by atoms with Crippen LogP contribution in [0.15, 0.2) is 78.9 Å². The Balaban J connectivity index is 1.56. The van der Waals surface area contributed by atoms with Gasteiger partial charge in [0.05, 0.1) is 6.54 Å². The summed E-state index contributed by atoms with van der Waals surface area (Å²) in [6.45, 7) is 3.26. The molecule has 0 radical (unpaired) electrons. The number of anilines is 1. The lowest BCUT2D eigenvalue weighted by molar-refractivity contribution is -0.648. The van der Waals surface area contributed by atoms with Crippen LogP contribution in [0.3, 0.4) is 0 Å². The van der Waals surface area contributed by atoms with E-state index in [1.807, 2.05) is 72.2 Å². The lowest BCUT2D eigenvalue weighted by atomic mass is 10.2. The SMILES string of the molecule is Cc1cccc(OCC(O)Cn2c(N)[n+](Cc3ccccc3)c3ccccc32)c1. The number of hydrogen-bond donors (Lipinski definition) is 2. The summed E-state index contributed by atoms with van der Waals surface area (Å²) in [6.07, 6.45) is -0.682. The first kappa shape index (κ1) is 19.0. The van der Waals surface area contributed by atoms with Crippen molar-refractivity contribution in [2.75, 3.05) is 12.3 Å². The van der Waals surface area contributed by atoms with Crippen LogP contribution >= 0.6 is 0 Å². The van der Waals surface area contributed by atoms with Crippen LogP contribution in [-0.4, -0.2) is 22.4 Å². The van der Waals surface area contributed by atoms with Gasteiger partial charge in [0.25, 0.3) is 0 Å². The Morgan fingerprint density at radius 3 is 2.55 bits per heavy atom. The number of aliphatic hydroxyl groups is 1. The molecule has 5 nitrogen and oxygen atoms in total. The van der Waals surface area contributed by atoms with E-state index in [0.29, 0.717) is 19.0 Å². The summed E-state index contributed by atoms with van der Waals surface area (Å²) in [6, 6.07) is 26.1. The Bertz CT molecular complexity index is 1110. The molecule has 0 aliphatic heterocycles. The summed E-state index contributed by atoms with van der Waals surface area (Å²) in [5.41, 5.74) is 10.9. The molecule has 0 fully saturated rings. The third kappa shape index (κ3) is 4.25. The Labute approximate surface area is 170 Å². The first-order chi connectivity index (χ1) is 14.1. The molecule has 0 bridgehead atoms. The third-order valence-corrected chi connectivity index (χ3v) is 5.03. The van der Waals surface area contributed by atoms with Gasteiger partial charge in [-0.25, -0.2) is 9.13 Å². The van der Waals surface area contributed by atoms with Crippen molar-refractivity contribution in [2.45, 2.75) is 26.1 Å². The number of fused-ring (bicyclic) bond motifs is 1. The number of aromatic nitrogens is 2. The first-order valence-electron chi connectivity index (χ1n) is 9.80. The van der Waals surface area contributed by atoms with Crippen molar-refractivity contribution in [3.63, 3.8) is 0 Å². The highest BCUT2D eigenvalue weighted by Gasteiger charge is 2.23. The molecule has 4 aromatic rings. The molecule has 1 heterocycles. The molecule has 148 valence electrons. The lowest BCUT2D eigenvalue weighted by Crippen LogP contribution is -2.37. The predicted octanol–water partition coefficient (Wildman–Crippen LogP) is 3.31. The minimum Gasteiger partial charge on any atom is -0.491 e.